The molecule has 5 heteroatoms. The van der Waals surface area contributed by atoms with Gasteiger partial charge in [-0.15, -0.1) is 0 Å². The number of para-hydroxylation sites is 1. The lowest BCUT2D eigenvalue weighted by Crippen LogP contribution is -2.58. The lowest BCUT2D eigenvalue weighted by molar-refractivity contribution is -0.695. The summed E-state index contributed by atoms with van der Waals surface area (Å²) in [5, 5.41) is 3.07. The maximum absolute atomic E-state index is 13.5. The van der Waals surface area contributed by atoms with Gasteiger partial charge in [0.1, 0.15) is 0 Å². The van der Waals surface area contributed by atoms with Crippen molar-refractivity contribution in [3.05, 3.63) is 89.2 Å². The number of rotatable bonds is 3. The van der Waals surface area contributed by atoms with Gasteiger partial charge in [0.15, 0.2) is 6.20 Å². The van der Waals surface area contributed by atoms with Crippen LogP contribution in [0, 0.1) is 20.8 Å². The average molecular weight is 386 g/mol. The molecule has 0 spiro atoms. The predicted octanol–water partition coefficient (Wildman–Crippen LogP) is 3.63. The zero-order valence-electron chi connectivity index (χ0n) is 16.8. The van der Waals surface area contributed by atoms with Crippen molar-refractivity contribution in [1.82, 2.24) is 0 Å². The third-order valence-electron chi connectivity index (χ3n) is 5.38. The molecule has 1 atom stereocenters. The van der Waals surface area contributed by atoms with Crippen LogP contribution in [-0.2, 0) is 16.1 Å². The summed E-state index contributed by atoms with van der Waals surface area (Å²) in [5.41, 5.74) is 5.38. The molecule has 0 unspecified atom stereocenters. The first-order valence-corrected chi connectivity index (χ1v) is 9.70. The Morgan fingerprint density at radius 2 is 1.66 bits per heavy atom. The molecule has 4 rings (SSSR count). The molecule has 5 nitrogen and oxygen atoms in total. The Hall–Kier alpha value is -3.47. The number of nitrogens with one attached hydrogen (secondary N) is 1. The summed E-state index contributed by atoms with van der Waals surface area (Å²) in [5.74, 6) is -0.338. The van der Waals surface area contributed by atoms with Crippen molar-refractivity contribution in [2.75, 3.05) is 10.2 Å². The normalized spacial score (nSPS) is 15.8. The third kappa shape index (κ3) is 3.51. The van der Waals surface area contributed by atoms with Crippen molar-refractivity contribution in [1.29, 1.82) is 0 Å². The summed E-state index contributed by atoms with van der Waals surface area (Å²) in [6.07, 6.45) is 1.85. The average Bonchev–Trinajstić information content (AvgIpc) is 2.70. The van der Waals surface area contributed by atoms with Gasteiger partial charge in [0.2, 0.25) is 18.3 Å². The topological polar surface area (TPSA) is 53.3 Å². The molecule has 0 fully saturated rings. The highest BCUT2D eigenvalue weighted by Crippen LogP contribution is 2.31. The summed E-state index contributed by atoms with van der Waals surface area (Å²) >= 11 is 0. The van der Waals surface area contributed by atoms with E-state index in [0.29, 0.717) is 0 Å². The van der Waals surface area contributed by atoms with E-state index < -0.39 is 6.04 Å². The number of aryl methyl sites for hydroxylation is 3. The molecular formula is C24H24N3O2+. The lowest BCUT2D eigenvalue weighted by Gasteiger charge is -2.32. The Balaban J connectivity index is 1.80. The van der Waals surface area contributed by atoms with Gasteiger partial charge in [-0.05, 0) is 44.0 Å². The number of amides is 2. The Bertz CT molecular complexity index is 1070. The molecule has 2 aromatic carbocycles. The van der Waals surface area contributed by atoms with Crippen LogP contribution in [0.5, 0.6) is 0 Å². The minimum absolute atomic E-state index is 0.112. The number of carbonyl (C=O) groups excluding carboxylic acids is 2. The molecule has 1 aromatic heterocycles. The van der Waals surface area contributed by atoms with Crippen LogP contribution in [0.25, 0.3) is 0 Å². The highest BCUT2D eigenvalue weighted by molar-refractivity contribution is 6.05. The Kier molecular flexibility index (Phi) is 4.89. The van der Waals surface area contributed by atoms with E-state index in [4.69, 9.17) is 0 Å². The summed E-state index contributed by atoms with van der Waals surface area (Å²) in [6, 6.07) is 18.5. The molecule has 0 saturated heterocycles. The van der Waals surface area contributed by atoms with Crippen molar-refractivity contribution in [3.8, 4) is 0 Å². The number of hydrogen-bond donors (Lipinski definition) is 1. The van der Waals surface area contributed by atoms with E-state index in [9.17, 15) is 9.59 Å². The van der Waals surface area contributed by atoms with Crippen molar-refractivity contribution >= 4 is 23.2 Å². The van der Waals surface area contributed by atoms with E-state index in [-0.39, 0.29) is 18.4 Å². The van der Waals surface area contributed by atoms with Crippen LogP contribution in [0.4, 0.5) is 11.4 Å². The van der Waals surface area contributed by atoms with Crippen LogP contribution < -0.4 is 14.8 Å². The monoisotopic (exact) mass is 386 g/mol. The summed E-state index contributed by atoms with van der Waals surface area (Å²) < 4.78 is 1.85. The highest BCUT2D eigenvalue weighted by Gasteiger charge is 2.43. The number of carbonyl (C=O) groups is 2. The molecule has 1 aliphatic rings. The minimum Gasteiger partial charge on any atom is -0.323 e. The minimum atomic E-state index is -0.751. The molecule has 1 aliphatic heterocycles. The van der Waals surface area contributed by atoms with E-state index in [1.54, 1.807) is 4.90 Å². The summed E-state index contributed by atoms with van der Waals surface area (Å²) in [7, 11) is 0. The smallest absolute Gasteiger partial charge is 0.294 e. The molecule has 3 aromatic rings. The maximum atomic E-state index is 13.5. The molecule has 0 radical (unpaired) electrons. The van der Waals surface area contributed by atoms with Gasteiger partial charge in [-0.1, -0.05) is 42.0 Å². The van der Waals surface area contributed by atoms with Crippen LogP contribution in [0.1, 0.15) is 28.4 Å². The maximum Gasteiger partial charge on any atom is 0.294 e. The fraction of sp³-hybridized carbons (Fsp3) is 0.208. The van der Waals surface area contributed by atoms with Crippen molar-refractivity contribution < 1.29 is 14.2 Å². The zero-order chi connectivity index (χ0) is 20.5. The zero-order valence-corrected chi connectivity index (χ0v) is 16.8. The van der Waals surface area contributed by atoms with Crippen molar-refractivity contribution in [3.63, 3.8) is 0 Å². The van der Waals surface area contributed by atoms with Gasteiger partial charge in [-0.25, -0.2) is 0 Å². The number of pyridine rings is 1. The van der Waals surface area contributed by atoms with Crippen LogP contribution in [0.15, 0.2) is 66.9 Å². The fourth-order valence-corrected chi connectivity index (χ4v) is 3.83. The fourth-order valence-electron chi connectivity index (χ4n) is 3.83. The largest absolute Gasteiger partial charge is 0.323 e. The number of hydrogen-bond acceptors (Lipinski definition) is 2. The molecule has 2 amide bonds. The van der Waals surface area contributed by atoms with Crippen LogP contribution in [-0.4, -0.2) is 11.8 Å². The van der Waals surface area contributed by atoms with Gasteiger partial charge in [-0.3, -0.25) is 14.5 Å². The molecule has 0 bridgehead atoms. The molecule has 0 aliphatic carbocycles. The van der Waals surface area contributed by atoms with E-state index >= 15 is 0 Å². The summed E-state index contributed by atoms with van der Waals surface area (Å²) in [4.78, 5) is 28.2. The lowest BCUT2D eigenvalue weighted by atomic mass is 10.0. The predicted molar refractivity (Wildman–Crippen MR) is 113 cm³/mol. The van der Waals surface area contributed by atoms with Crippen LogP contribution >= 0.6 is 0 Å². The SMILES string of the molecule is Cc1ccc(N2C(=O)C[n+]3ccccc3[C@@H]2C(=O)Nc2c(C)cccc2C)cc1. The van der Waals surface area contributed by atoms with Crippen molar-refractivity contribution in [2.45, 2.75) is 33.4 Å². The van der Waals surface area contributed by atoms with E-state index in [2.05, 4.69) is 5.32 Å². The number of nitrogens with zero attached hydrogens (tertiary/aromatic N) is 2. The summed E-state index contributed by atoms with van der Waals surface area (Å²) in [6.45, 7) is 6.14. The van der Waals surface area contributed by atoms with Gasteiger partial charge in [-0.2, -0.15) is 4.57 Å². The van der Waals surface area contributed by atoms with E-state index in [0.717, 1.165) is 33.8 Å². The number of fused-ring (bicyclic) bond motifs is 1. The Morgan fingerprint density at radius 3 is 2.34 bits per heavy atom. The number of anilines is 2. The Morgan fingerprint density at radius 1 is 0.966 bits per heavy atom. The van der Waals surface area contributed by atoms with Gasteiger partial charge < -0.3 is 5.32 Å². The second kappa shape index (κ2) is 7.51. The second-order valence-corrected chi connectivity index (χ2v) is 7.51. The molecule has 2 heterocycles. The first kappa shape index (κ1) is 18.9. The van der Waals surface area contributed by atoms with Gasteiger partial charge in [0, 0.05) is 23.5 Å². The van der Waals surface area contributed by atoms with E-state index in [1.807, 2.05) is 92.2 Å². The van der Waals surface area contributed by atoms with Crippen LogP contribution in [0.3, 0.4) is 0 Å². The van der Waals surface area contributed by atoms with Gasteiger partial charge >= 0.3 is 0 Å². The second-order valence-electron chi connectivity index (χ2n) is 7.51. The molecule has 1 N–H and O–H groups in total. The van der Waals surface area contributed by atoms with Gasteiger partial charge in [0.05, 0.1) is 0 Å². The molecule has 146 valence electrons. The third-order valence-corrected chi connectivity index (χ3v) is 5.38. The standard InChI is InChI=1S/C24H23N3O2/c1-16-10-12-19(13-11-16)27-21(28)15-26-14-5-4-9-20(26)23(27)24(29)25-22-17(2)7-6-8-18(22)3/h4-14,23H,15H2,1-3H3/p+1/t23-/m1/s1. The first-order valence-electron chi connectivity index (χ1n) is 9.70. The quantitative estimate of drug-likeness (QED) is 0.699. The molecular weight excluding hydrogens is 362 g/mol. The Labute approximate surface area is 170 Å². The van der Waals surface area contributed by atoms with E-state index in [1.165, 1.54) is 0 Å². The number of aromatic nitrogens is 1. The first-order chi connectivity index (χ1) is 14.0. The molecule has 0 saturated carbocycles. The highest BCUT2D eigenvalue weighted by atomic mass is 16.2. The number of benzene rings is 2. The van der Waals surface area contributed by atoms with Gasteiger partial charge in [0.25, 0.3) is 11.8 Å². The van der Waals surface area contributed by atoms with Crippen molar-refractivity contribution in [2.24, 2.45) is 0 Å². The van der Waals surface area contributed by atoms with Crippen LogP contribution in [0.2, 0.25) is 0 Å². The molecule has 29 heavy (non-hydrogen) atoms.